The zero-order chi connectivity index (χ0) is 15.0. The lowest BCUT2D eigenvalue weighted by Crippen LogP contribution is -2.03. The van der Waals surface area contributed by atoms with Gasteiger partial charge in [0, 0.05) is 38.0 Å². The van der Waals surface area contributed by atoms with E-state index in [1.807, 2.05) is 25.1 Å². The van der Waals surface area contributed by atoms with Gasteiger partial charge < -0.3 is 5.32 Å². The number of hydrogen-bond donors (Lipinski definition) is 1. The number of carbonyl (C=O) groups is 1. The Hall–Kier alpha value is -1.91. The van der Waals surface area contributed by atoms with Gasteiger partial charge in [-0.15, -0.1) is 11.3 Å². The maximum Gasteiger partial charge on any atom is 0.252 e. The average molecular weight is 318 g/mol. The van der Waals surface area contributed by atoms with Crippen LogP contribution in [0.2, 0.25) is 0 Å². The summed E-state index contributed by atoms with van der Waals surface area (Å²) in [6.45, 7) is 2.81. The third-order valence-electron chi connectivity index (χ3n) is 3.28. The molecule has 3 nitrogen and oxygen atoms in total. The number of hydrogen-bond acceptors (Lipinski definition) is 4. The van der Waals surface area contributed by atoms with Crippen LogP contribution in [0.3, 0.4) is 0 Å². The molecule has 2 aromatic carbocycles. The van der Waals surface area contributed by atoms with E-state index in [1.54, 1.807) is 18.2 Å². The summed E-state index contributed by atoms with van der Waals surface area (Å²) in [4.78, 5) is 23.8. The molecule has 3 rings (SSSR count). The number of nitrogens with one attached hydrogen (secondary N) is 1. The van der Waals surface area contributed by atoms with Crippen molar-refractivity contribution in [3.8, 4) is 0 Å². The van der Waals surface area contributed by atoms with Crippen molar-refractivity contribution >= 4 is 54.0 Å². The van der Waals surface area contributed by atoms with Crippen molar-refractivity contribution in [2.75, 3.05) is 11.9 Å². The van der Waals surface area contributed by atoms with E-state index in [-0.39, 0.29) is 5.43 Å². The molecule has 21 heavy (non-hydrogen) atoms. The van der Waals surface area contributed by atoms with Crippen LogP contribution < -0.4 is 10.7 Å². The lowest BCUT2D eigenvalue weighted by atomic mass is 10.1. The molecule has 0 saturated carbocycles. The van der Waals surface area contributed by atoms with E-state index in [0.29, 0.717) is 16.3 Å². The van der Waals surface area contributed by atoms with Gasteiger partial charge in [0.25, 0.3) is 5.24 Å². The molecule has 0 atom stereocenters. The Bertz CT molecular complexity index is 917. The van der Waals surface area contributed by atoms with Crippen molar-refractivity contribution in [3.63, 3.8) is 0 Å². The van der Waals surface area contributed by atoms with Gasteiger partial charge in [-0.2, -0.15) is 0 Å². The van der Waals surface area contributed by atoms with Crippen LogP contribution in [0.25, 0.3) is 20.2 Å². The minimum absolute atomic E-state index is 0.0212. The van der Waals surface area contributed by atoms with Gasteiger partial charge in [0.2, 0.25) is 0 Å². The molecule has 0 spiro atoms. The van der Waals surface area contributed by atoms with Gasteiger partial charge in [-0.1, -0.05) is 0 Å². The normalized spacial score (nSPS) is 11.0. The second-order valence-electron chi connectivity index (χ2n) is 4.66. The molecule has 0 amide bonds. The SMILES string of the molecule is CCNc1ccc2sc3cc(C(=O)Cl)ccc3c(=O)c2c1. The second kappa shape index (κ2) is 5.47. The van der Waals surface area contributed by atoms with Crippen LogP contribution in [0, 0.1) is 0 Å². The molecule has 0 aliphatic heterocycles. The van der Waals surface area contributed by atoms with E-state index in [1.165, 1.54) is 11.3 Å². The van der Waals surface area contributed by atoms with Crippen LogP contribution >= 0.6 is 22.9 Å². The quantitative estimate of drug-likeness (QED) is 0.581. The monoisotopic (exact) mass is 317 g/mol. The number of benzene rings is 2. The highest BCUT2D eigenvalue weighted by Crippen LogP contribution is 2.27. The first-order chi connectivity index (χ1) is 10.1. The van der Waals surface area contributed by atoms with E-state index in [4.69, 9.17) is 11.6 Å². The largest absolute Gasteiger partial charge is 0.385 e. The summed E-state index contributed by atoms with van der Waals surface area (Å²) in [5, 5.41) is 3.99. The zero-order valence-corrected chi connectivity index (χ0v) is 12.8. The third kappa shape index (κ3) is 2.52. The van der Waals surface area contributed by atoms with Crippen LogP contribution in [-0.2, 0) is 0 Å². The lowest BCUT2D eigenvalue weighted by molar-refractivity contribution is 0.108. The fourth-order valence-corrected chi connectivity index (χ4v) is 3.50. The number of halogens is 1. The summed E-state index contributed by atoms with van der Waals surface area (Å²) >= 11 is 6.98. The van der Waals surface area contributed by atoms with Gasteiger partial charge in [0.05, 0.1) is 0 Å². The van der Waals surface area contributed by atoms with E-state index in [0.717, 1.165) is 21.6 Å². The molecule has 0 aliphatic rings. The van der Waals surface area contributed by atoms with Crippen LogP contribution in [0.5, 0.6) is 0 Å². The molecule has 0 fully saturated rings. The molecule has 0 saturated heterocycles. The van der Waals surface area contributed by atoms with Gasteiger partial charge in [-0.3, -0.25) is 9.59 Å². The van der Waals surface area contributed by atoms with Crippen molar-refractivity contribution in [2.45, 2.75) is 6.92 Å². The Morgan fingerprint density at radius 3 is 2.67 bits per heavy atom. The van der Waals surface area contributed by atoms with Gasteiger partial charge in [0.1, 0.15) is 0 Å². The summed E-state index contributed by atoms with van der Waals surface area (Å²) in [6, 6.07) is 10.7. The first-order valence-electron chi connectivity index (χ1n) is 6.54. The van der Waals surface area contributed by atoms with Crippen LogP contribution in [0.15, 0.2) is 41.2 Å². The predicted molar refractivity (Wildman–Crippen MR) is 89.9 cm³/mol. The highest BCUT2D eigenvalue weighted by atomic mass is 35.5. The molecule has 0 radical (unpaired) electrons. The fourth-order valence-electron chi connectivity index (χ4n) is 2.29. The number of fused-ring (bicyclic) bond motifs is 2. The predicted octanol–water partition coefficient (Wildman–Crippen LogP) is 4.23. The Labute approximate surface area is 130 Å². The maximum atomic E-state index is 12.6. The fraction of sp³-hybridized carbons (Fsp3) is 0.125. The van der Waals surface area contributed by atoms with Crippen LogP contribution in [0.1, 0.15) is 17.3 Å². The first kappa shape index (κ1) is 14.0. The van der Waals surface area contributed by atoms with Gasteiger partial charge >= 0.3 is 0 Å². The van der Waals surface area contributed by atoms with Crippen LogP contribution in [0.4, 0.5) is 5.69 Å². The van der Waals surface area contributed by atoms with Crippen molar-refractivity contribution in [2.24, 2.45) is 0 Å². The minimum Gasteiger partial charge on any atom is -0.385 e. The van der Waals surface area contributed by atoms with Crippen molar-refractivity contribution < 1.29 is 4.79 Å². The highest BCUT2D eigenvalue weighted by molar-refractivity contribution is 7.24. The Kier molecular flexibility index (Phi) is 3.66. The Morgan fingerprint density at radius 2 is 1.95 bits per heavy atom. The first-order valence-corrected chi connectivity index (χ1v) is 7.74. The van der Waals surface area contributed by atoms with Crippen molar-refractivity contribution in [1.29, 1.82) is 0 Å². The molecular weight excluding hydrogens is 306 g/mol. The smallest absolute Gasteiger partial charge is 0.252 e. The highest BCUT2D eigenvalue weighted by Gasteiger charge is 2.09. The molecule has 3 aromatic rings. The Morgan fingerprint density at radius 1 is 1.14 bits per heavy atom. The third-order valence-corrected chi connectivity index (χ3v) is 4.63. The molecule has 0 aliphatic carbocycles. The van der Waals surface area contributed by atoms with Crippen molar-refractivity contribution in [1.82, 2.24) is 0 Å². The molecule has 106 valence electrons. The standard InChI is InChI=1S/C16H12ClNO2S/c1-2-18-10-4-6-13-12(8-10)15(19)11-5-3-9(16(17)20)7-14(11)21-13/h3-8,18H,2H2,1H3. The molecule has 5 heteroatoms. The summed E-state index contributed by atoms with van der Waals surface area (Å²) in [5.74, 6) is 0. The summed E-state index contributed by atoms with van der Waals surface area (Å²) in [5.41, 5.74) is 1.32. The summed E-state index contributed by atoms with van der Waals surface area (Å²) in [7, 11) is 0. The Balaban J connectivity index is 2.32. The van der Waals surface area contributed by atoms with E-state index < -0.39 is 5.24 Å². The van der Waals surface area contributed by atoms with Crippen LogP contribution in [-0.4, -0.2) is 11.8 Å². The zero-order valence-electron chi connectivity index (χ0n) is 11.3. The second-order valence-corrected chi connectivity index (χ2v) is 6.08. The number of rotatable bonds is 3. The summed E-state index contributed by atoms with van der Waals surface area (Å²) in [6.07, 6.45) is 0. The van der Waals surface area contributed by atoms with E-state index in [2.05, 4.69) is 5.32 Å². The minimum atomic E-state index is -0.515. The van der Waals surface area contributed by atoms with Gasteiger partial charge in [-0.05, 0) is 54.9 Å². The lowest BCUT2D eigenvalue weighted by Gasteiger charge is -2.06. The molecular formula is C16H12ClNO2S. The van der Waals surface area contributed by atoms with Gasteiger partial charge in [-0.25, -0.2) is 0 Å². The average Bonchev–Trinajstić information content (AvgIpc) is 2.48. The topological polar surface area (TPSA) is 46.2 Å². The molecule has 0 bridgehead atoms. The number of anilines is 1. The molecule has 1 aromatic heterocycles. The maximum absolute atomic E-state index is 12.6. The van der Waals surface area contributed by atoms with E-state index >= 15 is 0 Å². The molecule has 1 N–H and O–H groups in total. The van der Waals surface area contributed by atoms with Gasteiger partial charge in [0.15, 0.2) is 5.43 Å². The molecule has 1 heterocycles. The van der Waals surface area contributed by atoms with Crippen molar-refractivity contribution in [3.05, 3.63) is 52.2 Å². The molecule has 0 unspecified atom stereocenters. The number of carbonyl (C=O) groups excluding carboxylic acids is 1. The summed E-state index contributed by atoms with van der Waals surface area (Å²) < 4.78 is 1.67. The van der Waals surface area contributed by atoms with E-state index in [9.17, 15) is 9.59 Å².